The molecule has 6 heteroatoms. The lowest BCUT2D eigenvalue weighted by Crippen LogP contribution is -2.03. The van der Waals surface area contributed by atoms with Gasteiger partial charge in [0, 0.05) is 6.20 Å². The largest absolute Gasteiger partial charge is 0.490 e. The molecule has 2 heterocycles. The van der Waals surface area contributed by atoms with E-state index in [1.54, 1.807) is 18.5 Å². The zero-order valence-electron chi connectivity index (χ0n) is 8.72. The van der Waals surface area contributed by atoms with Gasteiger partial charge in [-0.15, -0.1) is 5.10 Å². The molecule has 2 aromatic heterocycles. The van der Waals surface area contributed by atoms with E-state index in [9.17, 15) is 0 Å². The molecule has 0 aliphatic rings. The predicted molar refractivity (Wildman–Crippen MR) is 62.0 cm³/mol. The van der Waals surface area contributed by atoms with Crippen LogP contribution in [0.25, 0.3) is 5.82 Å². The Morgan fingerprint density at radius 1 is 1.56 bits per heavy atom. The summed E-state index contributed by atoms with van der Waals surface area (Å²) in [6.07, 6.45) is 3.26. The Morgan fingerprint density at radius 2 is 2.38 bits per heavy atom. The zero-order chi connectivity index (χ0) is 11.5. The minimum Gasteiger partial charge on any atom is -0.490 e. The number of aromatic nitrogens is 3. The lowest BCUT2D eigenvalue weighted by Gasteiger charge is -2.07. The van der Waals surface area contributed by atoms with Crippen LogP contribution < -0.4 is 10.5 Å². The first kappa shape index (κ1) is 10.8. The molecular formula is C10H11ClN4O. The van der Waals surface area contributed by atoms with Crippen molar-refractivity contribution in [1.29, 1.82) is 0 Å². The third kappa shape index (κ3) is 1.94. The Balaban J connectivity index is 2.46. The van der Waals surface area contributed by atoms with Crippen molar-refractivity contribution in [3.8, 4) is 11.6 Å². The summed E-state index contributed by atoms with van der Waals surface area (Å²) in [5.41, 5.74) is 5.57. The minimum absolute atomic E-state index is 0.273. The van der Waals surface area contributed by atoms with Crippen LogP contribution in [0.1, 0.15) is 6.92 Å². The van der Waals surface area contributed by atoms with E-state index in [4.69, 9.17) is 22.1 Å². The second-order valence-corrected chi connectivity index (χ2v) is 3.47. The highest BCUT2D eigenvalue weighted by atomic mass is 35.5. The van der Waals surface area contributed by atoms with Gasteiger partial charge in [0.2, 0.25) is 0 Å². The van der Waals surface area contributed by atoms with Crippen LogP contribution in [0.5, 0.6) is 5.75 Å². The fourth-order valence-electron chi connectivity index (χ4n) is 1.30. The molecule has 0 saturated carbocycles. The maximum absolute atomic E-state index is 5.83. The molecular weight excluding hydrogens is 228 g/mol. The molecule has 0 bridgehead atoms. The van der Waals surface area contributed by atoms with Crippen LogP contribution in [0.15, 0.2) is 24.5 Å². The Bertz CT molecular complexity index is 478. The highest BCUT2D eigenvalue weighted by Crippen LogP contribution is 2.23. The summed E-state index contributed by atoms with van der Waals surface area (Å²) in [4.78, 5) is 4.18. The van der Waals surface area contributed by atoms with E-state index in [1.165, 1.54) is 4.68 Å². The topological polar surface area (TPSA) is 66.0 Å². The number of hydrogen-bond donors (Lipinski definition) is 1. The molecule has 0 spiro atoms. The molecule has 0 saturated heterocycles. The first-order valence-electron chi connectivity index (χ1n) is 4.81. The van der Waals surface area contributed by atoms with E-state index in [0.29, 0.717) is 23.2 Å². The number of pyridine rings is 1. The third-order valence-electron chi connectivity index (χ3n) is 1.96. The highest BCUT2D eigenvalue weighted by Gasteiger charge is 2.10. The van der Waals surface area contributed by atoms with Crippen molar-refractivity contribution in [1.82, 2.24) is 14.8 Å². The highest BCUT2D eigenvalue weighted by molar-refractivity contribution is 6.32. The maximum atomic E-state index is 5.83. The van der Waals surface area contributed by atoms with Crippen LogP contribution in [0.4, 0.5) is 5.82 Å². The molecule has 0 radical (unpaired) electrons. The van der Waals surface area contributed by atoms with Gasteiger partial charge < -0.3 is 10.5 Å². The summed E-state index contributed by atoms with van der Waals surface area (Å²) in [6, 6.07) is 3.61. The monoisotopic (exact) mass is 238 g/mol. The molecule has 0 atom stereocenters. The number of nitrogens with two attached hydrogens (primary N) is 1. The first-order chi connectivity index (χ1) is 7.72. The molecule has 2 aromatic rings. The number of halogens is 1. The lowest BCUT2D eigenvalue weighted by molar-refractivity contribution is 0.336. The molecule has 2 rings (SSSR count). The van der Waals surface area contributed by atoms with Crippen LogP contribution in [0, 0.1) is 0 Å². The number of rotatable bonds is 3. The zero-order valence-corrected chi connectivity index (χ0v) is 9.48. The Labute approximate surface area is 97.8 Å². The summed E-state index contributed by atoms with van der Waals surface area (Å²) in [5.74, 6) is 1.49. The molecule has 0 fully saturated rings. The van der Waals surface area contributed by atoms with E-state index < -0.39 is 0 Å². The van der Waals surface area contributed by atoms with E-state index in [2.05, 4.69) is 10.1 Å². The molecule has 0 unspecified atom stereocenters. The van der Waals surface area contributed by atoms with Crippen molar-refractivity contribution >= 4 is 17.4 Å². The van der Waals surface area contributed by atoms with Crippen LogP contribution in [-0.2, 0) is 0 Å². The minimum atomic E-state index is 0.273. The number of anilines is 1. The summed E-state index contributed by atoms with van der Waals surface area (Å²) in [6.45, 7) is 2.46. The van der Waals surface area contributed by atoms with E-state index in [1.807, 2.05) is 13.0 Å². The lowest BCUT2D eigenvalue weighted by atomic mass is 10.4. The fourth-order valence-corrected chi connectivity index (χ4v) is 1.43. The van der Waals surface area contributed by atoms with Gasteiger partial charge in [0.25, 0.3) is 0 Å². The molecule has 5 nitrogen and oxygen atoms in total. The maximum Gasteiger partial charge on any atom is 0.196 e. The van der Waals surface area contributed by atoms with E-state index in [0.717, 1.165) is 0 Å². The van der Waals surface area contributed by atoms with E-state index in [-0.39, 0.29) is 5.82 Å². The molecule has 0 aliphatic carbocycles. The van der Waals surface area contributed by atoms with Gasteiger partial charge in [-0.05, 0) is 19.1 Å². The van der Waals surface area contributed by atoms with Gasteiger partial charge in [-0.2, -0.15) is 0 Å². The molecule has 0 aromatic carbocycles. The summed E-state index contributed by atoms with van der Waals surface area (Å²) < 4.78 is 6.94. The van der Waals surface area contributed by atoms with Gasteiger partial charge >= 0.3 is 0 Å². The van der Waals surface area contributed by atoms with Crippen molar-refractivity contribution in [3.63, 3.8) is 0 Å². The van der Waals surface area contributed by atoms with Crippen molar-refractivity contribution in [3.05, 3.63) is 29.5 Å². The Kier molecular flexibility index (Phi) is 2.96. The molecule has 16 heavy (non-hydrogen) atoms. The fraction of sp³-hybridized carbons (Fsp3) is 0.200. The van der Waals surface area contributed by atoms with Crippen molar-refractivity contribution in [2.24, 2.45) is 0 Å². The van der Waals surface area contributed by atoms with Crippen LogP contribution >= 0.6 is 11.6 Å². The Hall–Kier alpha value is -1.75. The van der Waals surface area contributed by atoms with Crippen LogP contribution in [0.3, 0.4) is 0 Å². The summed E-state index contributed by atoms with van der Waals surface area (Å²) in [5, 5.41) is 4.44. The normalized spacial score (nSPS) is 10.4. The average Bonchev–Trinajstić information content (AvgIpc) is 2.60. The van der Waals surface area contributed by atoms with E-state index >= 15 is 0 Å². The molecule has 84 valence electrons. The summed E-state index contributed by atoms with van der Waals surface area (Å²) >= 11 is 5.83. The van der Waals surface area contributed by atoms with Crippen LogP contribution in [-0.4, -0.2) is 21.4 Å². The number of nitrogen functional groups attached to an aromatic ring is 1. The van der Waals surface area contributed by atoms with Gasteiger partial charge in [-0.25, -0.2) is 9.67 Å². The van der Waals surface area contributed by atoms with Crippen molar-refractivity contribution < 1.29 is 4.74 Å². The summed E-state index contributed by atoms with van der Waals surface area (Å²) in [7, 11) is 0. The standard InChI is InChI=1S/C10H11ClN4O/c1-2-16-8-4-3-5-13-10(8)15-6-7(11)9(12)14-15/h3-6H,2H2,1H3,(H2,12,14). The van der Waals surface area contributed by atoms with Gasteiger partial charge in [0.15, 0.2) is 17.4 Å². The van der Waals surface area contributed by atoms with Crippen molar-refractivity contribution in [2.75, 3.05) is 12.3 Å². The van der Waals surface area contributed by atoms with Gasteiger partial charge in [0.1, 0.15) is 5.02 Å². The number of nitrogens with zero attached hydrogens (tertiary/aromatic N) is 3. The van der Waals surface area contributed by atoms with Crippen molar-refractivity contribution in [2.45, 2.75) is 6.92 Å². The second kappa shape index (κ2) is 4.40. The molecule has 2 N–H and O–H groups in total. The smallest absolute Gasteiger partial charge is 0.196 e. The van der Waals surface area contributed by atoms with Gasteiger partial charge in [0.05, 0.1) is 12.8 Å². The average molecular weight is 239 g/mol. The number of ether oxygens (including phenoxy) is 1. The number of hydrogen-bond acceptors (Lipinski definition) is 4. The van der Waals surface area contributed by atoms with Crippen LogP contribution in [0.2, 0.25) is 5.02 Å². The second-order valence-electron chi connectivity index (χ2n) is 3.07. The quantitative estimate of drug-likeness (QED) is 0.887. The third-order valence-corrected chi connectivity index (χ3v) is 2.25. The first-order valence-corrected chi connectivity index (χ1v) is 5.19. The Morgan fingerprint density at radius 3 is 3.00 bits per heavy atom. The molecule has 0 amide bonds. The predicted octanol–water partition coefficient (Wildman–Crippen LogP) is 1.90. The van der Waals surface area contributed by atoms with Gasteiger partial charge in [-0.1, -0.05) is 11.6 Å². The SMILES string of the molecule is CCOc1cccnc1-n1cc(Cl)c(N)n1. The van der Waals surface area contributed by atoms with Gasteiger partial charge in [-0.3, -0.25) is 0 Å². The molecule has 0 aliphatic heterocycles.